The van der Waals surface area contributed by atoms with E-state index in [2.05, 4.69) is 17.6 Å². The molecule has 1 aliphatic carbocycles. The summed E-state index contributed by atoms with van der Waals surface area (Å²) in [4.78, 5) is 41.0. The van der Waals surface area contributed by atoms with Crippen LogP contribution in [-0.4, -0.2) is 69.5 Å². The number of rotatable bonds is 3. The minimum absolute atomic E-state index is 0.0309. The molecule has 4 amide bonds. The molecule has 28 heavy (non-hydrogen) atoms. The predicted octanol–water partition coefficient (Wildman–Crippen LogP) is 2.06. The highest BCUT2D eigenvalue weighted by molar-refractivity contribution is 8.01. The van der Waals surface area contributed by atoms with Crippen molar-refractivity contribution >= 4 is 29.6 Å². The first-order valence-electron chi connectivity index (χ1n) is 10.8. The number of carbonyl (C=O) groups is 3. The molecule has 2 atom stereocenters. The molecule has 0 aromatic heterocycles. The van der Waals surface area contributed by atoms with Gasteiger partial charge in [0.25, 0.3) is 0 Å². The van der Waals surface area contributed by atoms with Crippen molar-refractivity contribution in [3.63, 3.8) is 0 Å². The fourth-order valence-electron chi connectivity index (χ4n) is 5.05. The number of piperidine rings is 1. The Bertz CT molecular complexity index is 631. The first-order chi connectivity index (χ1) is 13.5. The summed E-state index contributed by atoms with van der Waals surface area (Å²) in [5, 5.41) is 6.32. The molecule has 156 valence electrons. The van der Waals surface area contributed by atoms with Crippen molar-refractivity contribution in [1.82, 2.24) is 20.4 Å². The van der Waals surface area contributed by atoms with E-state index in [1.807, 2.05) is 4.90 Å². The molecule has 4 fully saturated rings. The van der Waals surface area contributed by atoms with Gasteiger partial charge in [-0.15, -0.1) is 11.8 Å². The lowest BCUT2D eigenvalue weighted by atomic mass is 9.95. The number of likely N-dealkylation sites (tertiary alicyclic amines) is 1. The van der Waals surface area contributed by atoms with Gasteiger partial charge in [0.1, 0.15) is 6.04 Å². The molecule has 4 rings (SSSR count). The number of carbonyl (C=O) groups excluding carboxylic acids is 3. The predicted molar refractivity (Wildman–Crippen MR) is 109 cm³/mol. The molecule has 0 aromatic rings. The lowest BCUT2D eigenvalue weighted by Crippen LogP contribution is -2.55. The second kappa shape index (κ2) is 8.13. The van der Waals surface area contributed by atoms with Crippen LogP contribution in [0.15, 0.2) is 0 Å². The molecule has 2 unspecified atom stereocenters. The Hall–Kier alpha value is -1.44. The van der Waals surface area contributed by atoms with E-state index in [1.54, 1.807) is 16.7 Å². The molecule has 4 aliphatic rings. The van der Waals surface area contributed by atoms with E-state index in [9.17, 15) is 14.4 Å². The van der Waals surface area contributed by atoms with Crippen molar-refractivity contribution in [2.45, 2.75) is 87.7 Å². The molecule has 7 nitrogen and oxygen atoms in total. The highest BCUT2D eigenvalue weighted by Crippen LogP contribution is 2.47. The van der Waals surface area contributed by atoms with Gasteiger partial charge in [-0.25, -0.2) is 4.79 Å². The number of nitrogens with zero attached hydrogens (tertiary/aromatic N) is 2. The molecule has 0 aromatic carbocycles. The maximum absolute atomic E-state index is 12.8. The smallest absolute Gasteiger partial charge is 0.317 e. The largest absolute Gasteiger partial charge is 0.351 e. The van der Waals surface area contributed by atoms with Gasteiger partial charge in [-0.3, -0.25) is 9.59 Å². The van der Waals surface area contributed by atoms with Crippen molar-refractivity contribution in [3.8, 4) is 0 Å². The first kappa shape index (κ1) is 19.9. The van der Waals surface area contributed by atoms with Crippen LogP contribution in [0.25, 0.3) is 0 Å². The molecular formula is C20H32N4O3S. The van der Waals surface area contributed by atoms with Crippen molar-refractivity contribution < 1.29 is 14.4 Å². The van der Waals surface area contributed by atoms with Crippen LogP contribution in [0.5, 0.6) is 0 Å². The van der Waals surface area contributed by atoms with Crippen LogP contribution in [0.1, 0.15) is 64.7 Å². The molecular weight excluding hydrogens is 376 g/mol. The molecule has 0 radical (unpaired) electrons. The molecule has 2 N–H and O–H groups in total. The number of hydrogen-bond acceptors (Lipinski definition) is 4. The molecule has 1 saturated carbocycles. The summed E-state index contributed by atoms with van der Waals surface area (Å²) < 4.78 is 0. The monoisotopic (exact) mass is 408 g/mol. The normalized spacial score (nSPS) is 31.8. The third-order valence-corrected chi connectivity index (χ3v) is 8.31. The van der Waals surface area contributed by atoms with Crippen LogP contribution in [-0.2, 0) is 9.59 Å². The molecule has 3 saturated heterocycles. The van der Waals surface area contributed by atoms with Crippen LogP contribution < -0.4 is 10.6 Å². The van der Waals surface area contributed by atoms with Crippen LogP contribution >= 0.6 is 11.8 Å². The van der Waals surface area contributed by atoms with Crippen LogP contribution in [0, 0.1) is 0 Å². The Kier molecular flexibility index (Phi) is 5.76. The summed E-state index contributed by atoms with van der Waals surface area (Å²) in [6.45, 7) is 3.41. The molecule has 0 bridgehead atoms. The number of nitrogens with one attached hydrogen (secondary N) is 2. The van der Waals surface area contributed by atoms with Gasteiger partial charge in [0.05, 0.1) is 4.87 Å². The minimum Gasteiger partial charge on any atom is -0.351 e. The Morgan fingerprint density at radius 1 is 1.04 bits per heavy atom. The number of urea groups is 1. The standard InChI is InChI=1S/C20H32N4O3S/c1-20-10-7-17(25)24(20)16(13-28-20)18(26)21-15-8-11-23(12-9-15)19(27)22-14-5-3-2-4-6-14/h14-16H,2-13H2,1H3,(H,21,26)(H,22,27). The summed E-state index contributed by atoms with van der Waals surface area (Å²) >= 11 is 1.72. The quantitative estimate of drug-likeness (QED) is 0.749. The maximum Gasteiger partial charge on any atom is 0.317 e. The van der Waals surface area contributed by atoms with Crippen LogP contribution in [0.2, 0.25) is 0 Å². The fourth-order valence-corrected chi connectivity index (χ4v) is 6.48. The molecule has 3 heterocycles. The Morgan fingerprint density at radius 2 is 1.71 bits per heavy atom. The number of thioether (sulfide) groups is 1. The van der Waals surface area contributed by atoms with Gasteiger partial charge in [0.2, 0.25) is 11.8 Å². The second-order valence-electron chi connectivity index (χ2n) is 8.82. The molecule has 8 heteroatoms. The van der Waals surface area contributed by atoms with E-state index in [-0.39, 0.29) is 34.8 Å². The molecule has 0 spiro atoms. The highest BCUT2D eigenvalue weighted by atomic mass is 32.2. The highest BCUT2D eigenvalue weighted by Gasteiger charge is 2.53. The van der Waals surface area contributed by atoms with Gasteiger partial charge in [0.15, 0.2) is 0 Å². The van der Waals surface area contributed by atoms with Gasteiger partial charge in [-0.1, -0.05) is 19.3 Å². The number of fused-ring (bicyclic) bond motifs is 1. The topological polar surface area (TPSA) is 81.8 Å². The third-order valence-electron chi connectivity index (χ3n) is 6.81. The van der Waals surface area contributed by atoms with Crippen molar-refractivity contribution in [3.05, 3.63) is 0 Å². The van der Waals surface area contributed by atoms with Gasteiger partial charge in [0, 0.05) is 37.3 Å². The second-order valence-corrected chi connectivity index (χ2v) is 10.3. The Balaban J connectivity index is 1.24. The van der Waals surface area contributed by atoms with Crippen molar-refractivity contribution in [2.75, 3.05) is 18.8 Å². The van der Waals surface area contributed by atoms with E-state index >= 15 is 0 Å². The van der Waals surface area contributed by atoms with E-state index in [0.717, 1.165) is 32.1 Å². The van der Waals surface area contributed by atoms with Gasteiger partial charge in [-0.05, 0) is 39.0 Å². The third kappa shape index (κ3) is 3.98. The summed E-state index contributed by atoms with van der Waals surface area (Å²) in [6, 6.07) is 0.103. The van der Waals surface area contributed by atoms with Crippen molar-refractivity contribution in [2.24, 2.45) is 0 Å². The fraction of sp³-hybridized carbons (Fsp3) is 0.850. The number of amides is 4. The summed E-state index contributed by atoms with van der Waals surface area (Å²) in [5.41, 5.74) is 0. The van der Waals surface area contributed by atoms with E-state index in [1.165, 1.54) is 19.3 Å². The summed E-state index contributed by atoms with van der Waals surface area (Å²) in [5.74, 6) is 0.745. The summed E-state index contributed by atoms with van der Waals surface area (Å²) in [7, 11) is 0. The average molecular weight is 409 g/mol. The Labute approximate surface area is 171 Å². The molecule has 3 aliphatic heterocycles. The van der Waals surface area contributed by atoms with Crippen LogP contribution in [0.4, 0.5) is 4.79 Å². The van der Waals surface area contributed by atoms with E-state index in [4.69, 9.17) is 0 Å². The minimum atomic E-state index is -0.349. The van der Waals surface area contributed by atoms with E-state index < -0.39 is 0 Å². The maximum atomic E-state index is 12.8. The van der Waals surface area contributed by atoms with E-state index in [0.29, 0.717) is 31.3 Å². The lowest BCUT2D eigenvalue weighted by molar-refractivity contribution is -0.138. The van der Waals surface area contributed by atoms with Gasteiger partial charge < -0.3 is 20.4 Å². The SMILES string of the molecule is CC12CCC(=O)N1C(C(=O)NC1CCN(C(=O)NC3CCCCC3)CC1)CS2. The van der Waals surface area contributed by atoms with Crippen molar-refractivity contribution in [1.29, 1.82) is 0 Å². The first-order valence-corrected chi connectivity index (χ1v) is 11.8. The Morgan fingerprint density at radius 3 is 2.43 bits per heavy atom. The zero-order chi connectivity index (χ0) is 19.7. The van der Waals surface area contributed by atoms with Gasteiger partial charge in [-0.2, -0.15) is 0 Å². The average Bonchev–Trinajstić information content (AvgIpc) is 3.19. The zero-order valence-electron chi connectivity index (χ0n) is 16.7. The zero-order valence-corrected chi connectivity index (χ0v) is 17.6. The lowest BCUT2D eigenvalue weighted by Gasteiger charge is -2.35. The summed E-state index contributed by atoms with van der Waals surface area (Å²) in [6.07, 6.45) is 8.78. The van der Waals surface area contributed by atoms with Crippen LogP contribution in [0.3, 0.4) is 0 Å². The van der Waals surface area contributed by atoms with Gasteiger partial charge >= 0.3 is 6.03 Å². The number of hydrogen-bond donors (Lipinski definition) is 2.